The van der Waals surface area contributed by atoms with Crippen LogP contribution in [0.2, 0.25) is 0 Å². The summed E-state index contributed by atoms with van der Waals surface area (Å²) in [4.78, 5) is 0. The molecule has 1 heterocycles. The van der Waals surface area contributed by atoms with E-state index < -0.39 is 0 Å². The molecule has 1 aliphatic heterocycles. The van der Waals surface area contributed by atoms with Crippen LogP contribution in [-0.4, -0.2) is 13.1 Å². The molecule has 0 bridgehead atoms. The van der Waals surface area contributed by atoms with Crippen LogP contribution in [0.1, 0.15) is 35.4 Å². The predicted molar refractivity (Wildman–Crippen MR) is 79.5 cm³/mol. The van der Waals surface area contributed by atoms with Crippen LogP contribution in [0.3, 0.4) is 0 Å². The maximum Gasteiger partial charge on any atom is -0.00106 e. The summed E-state index contributed by atoms with van der Waals surface area (Å²) in [6, 6.07) is 15.8. The van der Waals surface area contributed by atoms with Crippen LogP contribution in [0.4, 0.5) is 0 Å². The quantitative estimate of drug-likeness (QED) is 0.693. The Balaban J connectivity index is 1.80. The summed E-state index contributed by atoms with van der Waals surface area (Å²) in [6.45, 7) is 2.34. The fraction of sp³-hybridized carbons (Fsp3) is 0.333. The van der Waals surface area contributed by atoms with Crippen molar-refractivity contribution in [3.63, 3.8) is 0 Å². The lowest BCUT2D eigenvalue weighted by Gasteiger charge is -2.25. The van der Waals surface area contributed by atoms with Crippen LogP contribution in [-0.2, 0) is 6.42 Å². The zero-order valence-corrected chi connectivity index (χ0v) is 11.2. The summed E-state index contributed by atoms with van der Waals surface area (Å²) in [5.74, 6) is 0.755. The van der Waals surface area contributed by atoms with Gasteiger partial charge in [-0.15, -0.1) is 0 Å². The lowest BCUT2D eigenvalue weighted by atomic mass is 9.85. The number of hydrogen-bond donors (Lipinski definition) is 1. The van der Waals surface area contributed by atoms with Crippen molar-refractivity contribution >= 4 is 0 Å². The van der Waals surface area contributed by atoms with E-state index in [9.17, 15) is 0 Å². The van der Waals surface area contributed by atoms with E-state index in [1.165, 1.54) is 42.6 Å². The Labute approximate surface area is 114 Å². The van der Waals surface area contributed by atoms with Crippen molar-refractivity contribution in [1.29, 1.82) is 0 Å². The molecule has 0 atom stereocenters. The summed E-state index contributed by atoms with van der Waals surface area (Å²) in [5, 5.41) is 3.47. The molecule has 1 heteroatoms. The molecule has 19 heavy (non-hydrogen) atoms. The Morgan fingerprint density at radius 3 is 2.53 bits per heavy atom. The number of benzene rings is 2. The van der Waals surface area contributed by atoms with Crippen LogP contribution in [0, 0.1) is 0 Å². The highest BCUT2D eigenvalue weighted by Crippen LogP contribution is 2.41. The molecule has 0 radical (unpaired) electrons. The zero-order chi connectivity index (χ0) is 12.7. The van der Waals surface area contributed by atoms with E-state index in [0.717, 1.165) is 12.3 Å². The molecule has 1 fully saturated rings. The smallest absolute Gasteiger partial charge is 0.00106 e. The highest BCUT2D eigenvalue weighted by Gasteiger charge is 2.24. The van der Waals surface area contributed by atoms with Gasteiger partial charge in [0.25, 0.3) is 0 Å². The maximum absolute atomic E-state index is 3.47. The molecule has 0 aromatic heterocycles. The maximum atomic E-state index is 3.47. The summed E-state index contributed by atoms with van der Waals surface area (Å²) in [5.41, 5.74) is 7.63. The van der Waals surface area contributed by atoms with E-state index in [-0.39, 0.29) is 0 Å². The minimum atomic E-state index is 0.755. The van der Waals surface area contributed by atoms with Crippen molar-refractivity contribution in [3.05, 3.63) is 59.2 Å². The number of hydrogen-bond acceptors (Lipinski definition) is 1. The summed E-state index contributed by atoms with van der Waals surface area (Å²) in [6.07, 6.45) is 3.70. The Morgan fingerprint density at radius 2 is 1.63 bits per heavy atom. The Kier molecular flexibility index (Phi) is 2.66. The van der Waals surface area contributed by atoms with Gasteiger partial charge in [-0.05, 0) is 66.1 Å². The van der Waals surface area contributed by atoms with Gasteiger partial charge >= 0.3 is 0 Å². The number of rotatable bonds is 1. The molecule has 1 saturated heterocycles. The van der Waals surface area contributed by atoms with Crippen LogP contribution in [0.5, 0.6) is 0 Å². The van der Waals surface area contributed by atoms with Gasteiger partial charge in [0.1, 0.15) is 0 Å². The first-order valence-electron chi connectivity index (χ1n) is 7.34. The number of nitrogens with one attached hydrogen (secondary N) is 1. The fourth-order valence-corrected chi connectivity index (χ4v) is 3.70. The van der Waals surface area contributed by atoms with Crippen LogP contribution in [0.15, 0.2) is 42.5 Å². The van der Waals surface area contributed by atoms with Gasteiger partial charge in [-0.2, -0.15) is 0 Å². The third-order valence-electron chi connectivity index (χ3n) is 4.67. The molecule has 1 N–H and O–H groups in total. The molecule has 0 amide bonds. The van der Waals surface area contributed by atoms with E-state index in [1.807, 2.05) is 0 Å². The Bertz CT molecular complexity index is 609. The van der Waals surface area contributed by atoms with Gasteiger partial charge < -0.3 is 5.32 Å². The minimum Gasteiger partial charge on any atom is -0.317 e. The van der Waals surface area contributed by atoms with Gasteiger partial charge in [-0.3, -0.25) is 0 Å². The first-order chi connectivity index (χ1) is 9.43. The standard InChI is InChI=1S/C18H19N/c1-2-5-16-14(4-1)12-18-15(6-3-7-17(16)18)13-8-10-19-11-9-13/h1-7,13,19H,8-12H2. The van der Waals surface area contributed by atoms with Crippen molar-refractivity contribution in [2.75, 3.05) is 13.1 Å². The van der Waals surface area contributed by atoms with Crippen molar-refractivity contribution in [2.45, 2.75) is 25.2 Å². The summed E-state index contributed by atoms with van der Waals surface area (Å²) in [7, 11) is 0. The average molecular weight is 249 g/mol. The van der Waals surface area contributed by atoms with Crippen LogP contribution in [0.25, 0.3) is 11.1 Å². The second-order valence-electron chi connectivity index (χ2n) is 5.73. The van der Waals surface area contributed by atoms with Crippen molar-refractivity contribution < 1.29 is 0 Å². The Hall–Kier alpha value is -1.60. The molecule has 4 rings (SSSR count). The van der Waals surface area contributed by atoms with Gasteiger partial charge in [0.2, 0.25) is 0 Å². The minimum absolute atomic E-state index is 0.755. The third kappa shape index (κ3) is 1.81. The molecule has 1 aliphatic carbocycles. The molecule has 96 valence electrons. The summed E-state index contributed by atoms with van der Waals surface area (Å²) < 4.78 is 0. The van der Waals surface area contributed by atoms with E-state index in [0.29, 0.717) is 0 Å². The van der Waals surface area contributed by atoms with Gasteiger partial charge in [-0.1, -0.05) is 42.5 Å². The second-order valence-corrected chi connectivity index (χ2v) is 5.73. The molecular formula is C18H19N. The lowest BCUT2D eigenvalue weighted by Crippen LogP contribution is -2.27. The first-order valence-corrected chi connectivity index (χ1v) is 7.34. The molecule has 0 unspecified atom stereocenters. The Morgan fingerprint density at radius 1 is 0.842 bits per heavy atom. The van der Waals surface area contributed by atoms with Crippen molar-refractivity contribution in [3.8, 4) is 11.1 Å². The van der Waals surface area contributed by atoms with E-state index >= 15 is 0 Å². The number of fused-ring (bicyclic) bond motifs is 3. The largest absolute Gasteiger partial charge is 0.317 e. The number of piperidine rings is 1. The van der Waals surface area contributed by atoms with Gasteiger partial charge in [0, 0.05) is 0 Å². The monoisotopic (exact) mass is 249 g/mol. The fourth-order valence-electron chi connectivity index (χ4n) is 3.70. The molecule has 2 aromatic carbocycles. The normalized spacial score (nSPS) is 18.1. The average Bonchev–Trinajstić information content (AvgIpc) is 2.87. The van der Waals surface area contributed by atoms with Crippen LogP contribution < -0.4 is 5.32 Å². The highest BCUT2D eigenvalue weighted by atomic mass is 14.9. The van der Waals surface area contributed by atoms with E-state index in [2.05, 4.69) is 47.8 Å². The van der Waals surface area contributed by atoms with Gasteiger partial charge in [0.05, 0.1) is 0 Å². The predicted octanol–water partition coefficient (Wildman–Crippen LogP) is 3.72. The first kappa shape index (κ1) is 11.2. The molecule has 0 spiro atoms. The molecule has 2 aliphatic rings. The van der Waals surface area contributed by atoms with Crippen molar-refractivity contribution in [1.82, 2.24) is 5.32 Å². The van der Waals surface area contributed by atoms with E-state index in [1.54, 1.807) is 11.1 Å². The highest BCUT2D eigenvalue weighted by molar-refractivity contribution is 5.78. The van der Waals surface area contributed by atoms with E-state index in [4.69, 9.17) is 0 Å². The van der Waals surface area contributed by atoms with Gasteiger partial charge in [-0.25, -0.2) is 0 Å². The molecular weight excluding hydrogens is 230 g/mol. The molecule has 2 aromatic rings. The third-order valence-corrected chi connectivity index (χ3v) is 4.67. The molecule has 1 nitrogen and oxygen atoms in total. The molecule has 0 saturated carbocycles. The second kappa shape index (κ2) is 4.50. The van der Waals surface area contributed by atoms with Gasteiger partial charge in [0.15, 0.2) is 0 Å². The lowest BCUT2D eigenvalue weighted by molar-refractivity contribution is 0.459. The zero-order valence-electron chi connectivity index (χ0n) is 11.2. The topological polar surface area (TPSA) is 12.0 Å². The van der Waals surface area contributed by atoms with Crippen molar-refractivity contribution in [2.24, 2.45) is 0 Å². The van der Waals surface area contributed by atoms with Crippen LogP contribution >= 0.6 is 0 Å². The SMILES string of the molecule is c1ccc2c(c1)Cc1c-2cccc1C1CCNCC1. The summed E-state index contributed by atoms with van der Waals surface area (Å²) >= 11 is 0.